The number of nitrogens with zero attached hydrogens (tertiary/aromatic N) is 2. The first-order valence-electron chi connectivity index (χ1n) is 7.50. The van der Waals surface area contributed by atoms with Crippen molar-refractivity contribution in [2.45, 2.75) is 45.1 Å². The zero-order chi connectivity index (χ0) is 13.4. The van der Waals surface area contributed by atoms with Gasteiger partial charge in [-0.25, -0.2) is 0 Å². The number of rotatable bonds is 8. The number of hydrogen-bond acceptors (Lipinski definition) is 4. The van der Waals surface area contributed by atoms with E-state index in [2.05, 4.69) is 16.7 Å². The SMILES string of the molecule is CCCN1CCN(CCCC(O)(CC)CN)CC1. The smallest absolute Gasteiger partial charge is 0.0767 e. The average molecular weight is 257 g/mol. The van der Waals surface area contributed by atoms with Crippen LogP contribution < -0.4 is 5.73 Å². The lowest BCUT2D eigenvalue weighted by atomic mass is 9.95. The molecule has 0 bridgehead atoms. The van der Waals surface area contributed by atoms with Gasteiger partial charge in [0.25, 0.3) is 0 Å². The van der Waals surface area contributed by atoms with E-state index < -0.39 is 5.60 Å². The van der Waals surface area contributed by atoms with Crippen molar-refractivity contribution in [3.63, 3.8) is 0 Å². The zero-order valence-electron chi connectivity index (χ0n) is 12.2. The average Bonchev–Trinajstić information content (AvgIpc) is 2.41. The maximum Gasteiger partial charge on any atom is 0.0767 e. The lowest BCUT2D eigenvalue weighted by Crippen LogP contribution is -2.47. The number of aliphatic hydroxyl groups is 1. The summed E-state index contributed by atoms with van der Waals surface area (Å²) in [7, 11) is 0. The second-order valence-corrected chi connectivity index (χ2v) is 5.57. The third-order valence-corrected chi connectivity index (χ3v) is 4.16. The molecule has 0 aliphatic carbocycles. The molecule has 1 heterocycles. The Labute approximate surface area is 112 Å². The molecule has 1 fully saturated rings. The van der Waals surface area contributed by atoms with Gasteiger partial charge in [-0.15, -0.1) is 0 Å². The first-order chi connectivity index (χ1) is 8.63. The van der Waals surface area contributed by atoms with Gasteiger partial charge in [-0.1, -0.05) is 13.8 Å². The quantitative estimate of drug-likeness (QED) is 0.678. The van der Waals surface area contributed by atoms with Gasteiger partial charge < -0.3 is 20.6 Å². The summed E-state index contributed by atoms with van der Waals surface area (Å²) in [6.07, 6.45) is 3.89. The Morgan fingerprint density at radius 1 is 1.06 bits per heavy atom. The predicted octanol–water partition coefficient (Wildman–Crippen LogP) is 0.894. The van der Waals surface area contributed by atoms with Crippen molar-refractivity contribution in [3.8, 4) is 0 Å². The van der Waals surface area contributed by atoms with Crippen LogP contribution >= 0.6 is 0 Å². The van der Waals surface area contributed by atoms with Gasteiger partial charge in [0.05, 0.1) is 5.60 Å². The highest BCUT2D eigenvalue weighted by Gasteiger charge is 2.23. The molecule has 1 atom stereocenters. The van der Waals surface area contributed by atoms with Crippen LogP contribution in [0.2, 0.25) is 0 Å². The van der Waals surface area contributed by atoms with Gasteiger partial charge in [-0.2, -0.15) is 0 Å². The third kappa shape index (κ3) is 5.22. The standard InChI is InChI=1S/C14H31N3O/c1-3-7-16-9-11-17(12-10-16)8-5-6-14(18,4-2)13-15/h18H,3-13,15H2,1-2H3. The molecule has 0 amide bonds. The monoisotopic (exact) mass is 257 g/mol. The first kappa shape index (κ1) is 15.9. The minimum atomic E-state index is -0.635. The molecule has 18 heavy (non-hydrogen) atoms. The molecular weight excluding hydrogens is 226 g/mol. The van der Waals surface area contributed by atoms with E-state index in [9.17, 15) is 5.11 Å². The van der Waals surface area contributed by atoms with Crippen molar-refractivity contribution < 1.29 is 5.11 Å². The third-order valence-electron chi connectivity index (χ3n) is 4.16. The number of hydrogen-bond donors (Lipinski definition) is 2. The van der Waals surface area contributed by atoms with Crippen molar-refractivity contribution in [3.05, 3.63) is 0 Å². The van der Waals surface area contributed by atoms with Gasteiger partial charge in [0.1, 0.15) is 0 Å². The molecule has 0 radical (unpaired) electrons. The summed E-state index contributed by atoms with van der Waals surface area (Å²) in [4.78, 5) is 5.05. The van der Waals surface area contributed by atoms with Crippen molar-refractivity contribution >= 4 is 0 Å². The molecule has 3 N–H and O–H groups in total. The summed E-state index contributed by atoms with van der Waals surface area (Å²) < 4.78 is 0. The molecule has 4 nitrogen and oxygen atoms in total. The number of nitrogens with two attached hydrogens (primary N) is 1. The van der Waals surface area contributed by atoms with Gasteiger partial charge in [0, 0.05) is 32.7 Å². The van der Waals surface area contributed by atoms with Crippen LogP contribution in [-0.4, -0.2) is 66.3 Å². The fourth-order valence-corrected chi connectivity index (χ4v) is 2.61. The summed E-state index contributed by atoms with van der Waals surface area (Å²) in [6, 6.07) is 0. The molecule has 0 saturated carbocycles. The lowest BCUT2D eigenvalue weighted by molar-refractivity contribution is 0.0296. The predicted molar refractivity (Wildman–Crippen MR) is 76.7 cm³/mol. The van der Waals surface area contributed by atoms with Gasteiger partial charge in [-0.3, -0.25) is 0 Å². The van der Waals surface area contributed by atoms with E-state index in [1.165, 1.54) is 39.1 Å². The lowest BCUT2D eigenvalue weighted by Gasteiger charge is -2.35. The molecule has 0 aromatic heterocycles. The van der Waals surface area contributed by atoms with Crippen LogP contribution in [0, 0.1) is 0 Å². The van der Waals surface area contributed by atoms with Gasteiger partial charge in [0.2, 0.25) is 0 Å². The van der Waals surface area contributed by atoms with E-state index in [1.54, 1.807) is 0 Å². The van der Waals surface area contributed by atoms with Crippen LogP contribution in [0.4, 0.5) is 0 Å². The van der Waals surface area contributed by atoms with Gasteiger partial charge >= 0.3 is 0 Å². The molecule has 4 heteroatoms. The summed E-state index contributed by atoms with van der Waals surface area (Å²) >= 11 is 0. The highest BCUT2D eigenvalue weighted by atomic mass is 16.3. The van der Waals surface area contributed by atoms with E-state index >= 15 is 0 Å². The summed E-state index contributed by atoms with van der Waals surface area (Å²) in [5, 5.41) is 10.1. The highest BCUT2D eigenvalue weighted by molar-refractivity contribution is 4.79. The molecule has 1 aliphatic heterocycles. The summed E-state index contributed by atoms with van der Waals surface area (Å²) in [6.45, 7) is 11.7. The molecule has 0 aromatic rings. The second-order valence-electron chi connectivity index (χ2n) is 5.57. The molecular formula is C14H31N3O. The van der Waals surface area contributed by atoms with Crippen molar-refractivity contribution in [1.29, 1.82) is 0 Å². The Bertz CT molecular complexity index is 211. The molecule has 0 spiro atoms. The summed E-state index contributed by atoms with van der Waals surface area (Å²) in [5.74, 6) is 0. The Balaban J connectivity index is 2.14. The highest BCUT2D eigenvalue weighted by Crippen LogP contribution is 2.16. The van der Waals surface area contributed by atoms with Crippen molar-refractivity contribution in [1.82, 2.24) is 9.80 Å². The largest absolute Gasteiger partial charge is 0.389 e. The minimum absolute atomic E-state index is 0.383. The number of piperazine rings is 1. The van der Waals surface area contributed by atoms with E-state index in [-0.39, 0.29) is 0 Å². The fraction of sp³-hybridized carbons (Fsp3) is 1.00. The van der Waals surface area contributed by atoms with E-state index in [0.717, 1.165) is 25.8 Å². The van der Waals surface area contributed by atoms with Crippen molar-refractivity contribution in [2.24, 2.45) is 5.73 Å². The maximum absolute atomic E-state index is 10.1. The van der Waals surface area contributed by atoms with E-state index in [4.69, 9.17) is 5.73 Å². The second kappa shape index (κ2) is 8.10. The van der Waals surface area contributed by atoms with Crippen LogP contribution in [0.5, 0.6) is 0 Å². The van der Waals surface area contributed by atoms with Crippen LogP contribution in [0.25, 0.3) is 0 Å². The van der Waals surface area contributed by atoms with Gasteiger partial charge in [0.15, 0.2) is 0 Å². The maximum atomic E-state index is 10.1. The summed E-state index contributed by atoms with van der Waals surface area (Å²) in [5.41, 5.74) is 4.98. The fourth-order valence-electron chi connectivity index (χ4n) is 2.61. The van der Waals surface area contributed by atoms with Crippen LogP contribution in [0.1, 0.15) is 39.5 Å². The van der Waals surface area contributed by atoms with Crippen LogP contribution in [-0.2, 0) is 0 Å². The molecule has 0 aromatic carbocycles. The molecule has 1 aliphatic rings. The zero-order valence-corrected chi connectivity index (χ0v) is 12.2. The van der Waals surface area contributed by atoms with Crippen LogP contribution in [0.3, 0.4) is 0 Å². The Morgan fingerprint density at radius 2 is 1.61 bits per heavy atom. The minimum Gasteiger partial charge on any atom is -0.389 e. The molecule has 1 rings (SSSR count). The Kier molecular flexibility index (Phi) is 7.15. The van der Waals surface area contributed by atoms with Crippen molar-refractivity contribution in [2.75, 3.05) is 45.8 Å². The molecule has 1 unspecified atom stereocenters. The van der Waals surface area contributed by atoms with E-state index in [0.29, 0.717) is 6.54 Å². The first-order valence-corrected chi connectivity index (χ1v) is 7.50. The Hall–Kier alpha value is -0.160. The van der Waals surface area contributed by atoms with Crippen LogP contribution in [0.15, 0.2) is 0 Å². The topological polar surface area (TPSA) is 52.7 Å². The normalized spacial score (nSPS) is 22.0. The van der Waals surface area contributed by atoms with E-state index in [1.807, 2.05) is 6.92 Å². The molecule has 1 saturated heterocycles. The molecule has 108 valence electrons. The van der Waals surface area contributed by atoms with Gasteiger partial charge in [-0.05, 0) is 38.8 Å². The Morgan fingerprint density at radius 3 is 2.06 bits per heavy atom.